The summed E-state index contributed by atoms with van der Waals surface area (Å²) in [5.41, 5.74) is -1.00. The summed E-state index contributed by atoms with van der Waals surface area (Å²) in [5.74, 6) is 1.75. The van der Waals surface area contributed by atoms with Crippen molar-refractivity contribution in [2.24, 2.45) is 0 Å². The van der Waals surface area contributed by atoms with Gasteiger partial charge in [-0.3, -0.25) is 34.9 Å². The number of aromatic nitrogens is 16. The van der Waals surface area contributed by atoms with Crippen LogP contribution in [-0.2, 0) is 98.9 Å². The Bertz CT molecular complexity index is 5450. The van der Waals surface area contributed by atoms with Crippen molar-refractivity contribution in [1.29, 1.82) is 0 Å². The van der Waals surface area contributed by atoms with Crippen LogP contribution >= 0.6 is 23.2 Å². The minimum Gasteiger partial charge on any atom is -0.454 e. The van der Waals surface area contributed by atoms with Crippen molar-refractivity contribution in [3.05, 3.63) is 135 Å². The van der Waals surface area contributed by atoms with E-state index in [9.17, 15) is 46.3 Å². The van der Waals surface area contributed by atoms with Gasteiger partial charge >= 0.3 is 43.0 Å². The van der Waals surface area contributed by atoms with Gasteiger partial charge in [0.1, 0.15) is 34.1 Å². The van der Waals surface area contributed by atoms with Crippen molar-refractivity contribution < 1.29 is 84.1 Å². The molecule has 13 heterocycles. The Balaban J connectivity index is 0.000000202. The maximum Gasteiger partial charge on any atom is 0.486 e. The third kappa shape index (κ3) is 24.4. The zero-order chi connectivity index (χ0) is 97.5. The lowest BCUT2D eigenvalue weighted by molar-refractivity contribution is -0.00694. The van der Waals surface area contributed by atoms with E-state index in [0.717, 1.165) is 63.2 Å². The van der Waals surface area contributed by atoms with Crippen molar-refractivity contribution in [2.45, 2.75) is 295 Å². The number of H-pyrrole nitrogens is 3. The average molecular weight is 1860 g/mol. The van der Waals surface area contributed by atoms with E-state index >= 15 is 0 Å². The fourth-order valence-corrected chi connectivity index (χ4v) is 13.6. The number of nitrogens with zero attached hydrogens (tertiary/aromatic N) is 17. The second-order valence-electron chi connectivity index (χ2n) is 36.7. The number of hydrogen-bond acceptors (Lipinski definition) is 30. The molecule has 0 bridgehead atoms. The zero-order valence-corrected chi connectivity index (χ0v) is 80.4. The number of ether oxygens (including phenoxy) is 6. The number of hydrogen-bond donors (Lipinski definition) is 7. The van der Waals surface area contributed by atoms with Crippen LogP contribution in [0.5, 0.6) is 0 Å². The Morgan fingerprint density at radius 2 is 0.808 bits per heavy atom. The quantitative estimate of drug-likeness (QED) is 0.0155. The molecule has 4 amide bonds. The fourth-order valence-electron chi connectivity index (χ4n) is 13.3. The van der Waals surface area contributed by atoms with Gasteiger partial charge in [0.2, 0.25) is 5.28 Å². The molecule has 0 atom stereocenters. The molecule has 0 radical (unpaired) electrons. The predicted molar refractivity (Wildman–Crippen MR) is 478 cm³/mol. The van der Waals surface area contributed by atoms with Gasteiger partial charge in [-0.1, -0.05) is 33.3 Å². The van der Waals surface area contributed by atoms with E-state index in [1.54, 1.807) is 69.1 Å². The first-order valence-electron chi connectivity index (χ1n) is 41.9. The molecule has 45 heteroatoms. The molecule has 8 aromatic rings. The summed E-state index contributed by atoms with van der Waals surface area (Å²) < 4.78 is 100. The number of rotatable bonds is 16. The zero-order valence-electron chi connectivity index (χ0n) is 78.9. The molecule has 38 nitrogen and oxygen atoms in total. The number of nitrogens with one attached hydrogen (secondary N) is 7. The number of amides is 4. The molecule has 8 aromatic heterocycles. The van der Waals surface area contributed by atoms with Crippen molar-refractivity contribution in [3.8, 4) is 0 Å². The van der Waals surface area contributed by atoms with E-state index in [1.165, 1.54) is 11.0 Å². The van der Waals surface area contributed by atoms with Gasteiger partial charge < -0.3 is 59.0 Å². The molecule has 0 aliphatic carbocycles. The first-order chi connectivity index (χ1) is 60.1. The summed E-state index contributed by atoms with van der Waals surface area (Å²) in [5, 5.41) is 37.3. The topological polar surface area (TPSA) is 444 Å². The molecule has 0 spiro atoms. The smallest absolute Gasteiger partial charge is 0.454 e. The largest absolute Gasteiger partial charge is 0.486 e. The van der Waals surface area contributed by atoms with Crippen molar-refractivity contribution in [3.63, 3.8) is 0 Å². The van der Waals surface area contributed by atoms with E-state index in [-0.39, 0.29) is 78.9 Å². The van der Waals surface area contributed by atoms with Crippen molar-refractivity contribution >= 4 is 119 Å². The third-order valence-electron chi connectivity index (χ3n) is 21.2. The van der Waals surface area contributed by atoms with Gasteiger partial charge in [0.25, 0.3) is 0 Å². The molecule has 13 rings (SSSR count). The molecule has 5 aliphatic rings. The van der Waals surface area contributed by atoms with Crippen LogP contribution in [0.25, 0.3) is 6.08 Å². The number of halogens is 6. The van der Waals surface area contributed by atoms with Crippen LogP contribution in [0.15, 0.2) is 43.9 Å². The maximum absolute atomic E-state index is 14.4. The Morgan fingerprint density at radius 1 is 0.469 bits per heavy atom. The lowest BCUT2D eigenvalue weighted by Crippen LogP contribution is -2.44. The van der Waals surface area contributed by atoms with Crippen molar-refractivity contribution in [2.75, 3.05) is 34.5 Å². The average Bonchev–Trinajstić information content (AvgIpc) is 1.57. The van der Waals surface area contributed by atoms with Gasteiger partial charge in [0, 0.05) is 46.7 Å². The Morgan fingerprint density at radius 3 is 1.14 bits per heavy atom. The van der Waals surface area contributed by atoms with Gasteiger partial charge in [-0.15, -0.1) is 11.7 Å². The molecule has 1 saturated heterocycles. The van der Waals surface area contributed by atoms with Crippen molar-refractivity contribution in [1.82, 2.24) is 99.8 Å². The Kier molecular flexibility index (Phi) is 32.1. The first-order valence-corrected chi connectivity index (χ1v) is 42.7. The highest BCUT2D eigenvalue weighted by Gasteiger charge is 2.53. The molecular weight excluding hydrogens is 1740 g/mol. The summed E-state index contributed by atoms with van der Waals surface area (Å²) in [6, 6.07) is 0. The van der Waals surface area contributed by atoms with E-state index < -0.39 is 104 Å². The predicted octanol–water partition coefficient (Wildman–Crippen LogP) is 18.7. The summed E-state index contributed by atoms with van der Waals surface area (Å²) in [6.07, 6.45) is 4.99. The fraction of sp³-hybridized carbons (Fsp3) is 0.553. The molecule has 7 N–H and O–H groups in total. The molecule has 708 valence electrons. The highest BCUT2D eigenvalue weighted by atomic mass is 35.5. The number of fused-ring (bicyclic) bond motifs is 4. The summed E-state index contributed by atoms with van der Waals surface area (Å²) in [6.45, 7) is 60.7. The normalized spacial score (nSPS) is 16.0. The van der Waals surface area contributed by atoms with E-state index in [2.05, 4.69) is 115 Å². The second-order valence-corrected chi connectivity index (χ2v) is 37.4. The number of aromatic amines is 3. The first kappa shape index (κ1) is 104. The summed E-state index contributed by atoms with van der Waals surface area (Å²) in [4.78, 5) is 111. The molecule has 5 aliphatic heterocycles. The lowest BCUT2D eigenvalue weighted by Gasteiger charge is -2.34. The molecular formula is C85H119BCl2F4N24O14. The summed E-state index contributed by atoms with van der Waals surface area (Å²) in [7, 11) is -0.250. The Labute approximate surface area is 763 Å². The Hall–Kier alpha value is -11.9. The summed E-state index contributed by atoms with van der Waals surface area (Å²) >= 11 is 10.4. The third-order valence-corrected chi connectivity index (χ3v) is 21.5. The lowest BCUT2D eigenvalue weighted by atomic mass is 9.90. The molecule has 130 heavy (non-hydrogen) atoms. The van der Waals surface area contributed by atoms with Crippen LogP contribution in [-0.4, -0.2) is 190 Å². The number of carbonyl (C=O) groups excluding carboxylic acids is 6. The van der Waals surface area contributed by atoms with Gasteiger partial charge in [-0.2, -0.15) is 25.0 Å². The minimum absolute atomic E-state index is 0.0114. The number of carbonyl (C=O) groups is 6. The van der Waals surface area contributed by atoms with Gasteiger partial charge in [0.15, 0.2) is 75.6 Å². The monoisotopic (exact) mass is 1860 g/mol. The SMILES string of the molecule is C=CB1OC(C)(C)C(C)(C)O1.C=Cc1ncc(F)c(Nc2n[nH]c3c2CN(C(=O)OC(C)(C)C)C3(C)C)n1.CCC(C)(C)OC(=O)N1Cc2c(Nc3nc(Cl)ncc3F)n[nH]c2C1(C)C.CCOC(=O)Cl.CCOC(=O)n1nc(Nc2nc(CC)ncc2F)c2c1C(C)(C)N(C(=O)OC(C)(C)C)C2.CCc1ncc(F)c(Nc2n[nH]c3c2CN(C(=O)OC(C)(C)C)C3(C)C)n1. The van der Waals surface area contributed by atoms with Crippen LogP contribution < -0.4 is 21.3 Å². The van der Waals surface area contributed by atoms with E-state index in [0.29, 0.717) is 78.6 Å². The van der Waals surface area contributed by atoms with Gasteiger partial charge in [0.05, 0.1) is 120 Å². The number of aryl methyl sites for hydroxylation is 2. The molecule has 0 unspecified atom stereocenters. The van der Waals surface area contributed by atoms with Crippen LogP contribution in [0, 0.1) is 23.3 Å². The highest BCUT2D eigenvalue weighted by Crippen LogP contribution is 2.48. The molecule has 0 saturated carbocycles. The molecule has 0 aromatic carbocycles. The van der Waals surface area contributed by atoms with Crippen LogP contribution in [0.2, 0.25) is 5.28 Å². The second kappa shape index (κ2) is 40.2. The highest BCUT2D eigenvalue weighted by molar-refractivity contribution is 6.61. The van der Waals surface area contributed by atoms with Crippen LogP contribution in [0.4, 0.5) is 92.9 Å². The van der Waals surface area contributed by atoms with Gasteiger partial charge in [-0.25, -0.2) is 81.2 Å². The van der Waals surface area contributed by atoms with E-state index in [1.807, 2.05) is 145 Å². The van der Waals surface area contributed by atoms with Crippen LogP contribution in [0.1, 0.15) is 263 Å². The standard InChI is InChI=1S/C21H29FN6O4.C18H25FN6O2.C18H23FN6O2.C17H22ClFN6O2.C8H15BO2.C3H5ClO2/c1-8-14-23-10-13(22)17(24-14)25-16-12-11-27(18(29)32-20(3,4)5)21(6,7)15(12)28(26-16)19(30)31-9-2;2*1-7-12-20-8-11(19)15(21-12)22-14-10-9-25(16(26)27-17(2,3)4)18(5,6)13(10)23-24-14;1-6-16(2,3)27-15(26)25-8-9-11(17(25,4)5)23-24-12(9)21-13-10(19)7-20-14(18)22-13;1-6-9-10-7(2,3)8(4,5)11-9;1-2-6-3(4)5/h10H,8-9,11H2,1-7H3,(H,23,24,25,26);8H,7,9H2,1-6H3,(H2,20,21,22,23,24);7-8H,1,9H2,2-6H3,(H2,20,21,22,23,24);7H,6,8H2,1-5H3,(H2,20,21,22,23,24);6H,1H2,2-5H3;2H2,1H3. The molecule has 1 fully saturated rings. The van der Waals surface area contributed by atoms with Gasteiger partial charge in [-0.05, 0) is 197 Å². The maximum atomic E-state index is 14.4. The number of anilines is 8. The van der Waals surface area contributed by atoms with Crippen LogP contribution in [0.3, 0.4) is 0 Å². The minimum atomic E-state index is -0.948. The van der Waals surface area contributed by atoms with E-state index in [4.69, 9.17) is 56.2 Å².